The van der Waals surface area contributed by atoms with Crippen LogP contribution in [0, 0.1) is 17.0 Å². The van der Waals surface area contributed by atoms with Gasteiger partial charge in [0.25, 0.3) is 5.69 Å². The third kappa shape index (κ3) is 4.30. The fourth-order valence-electron chi connectivity index (χ4n) is 3.93. The van der Waals surface area contributed by atoms with Crippen molar-refractivity contribution in [1.82, 2.24) is 19.5 Å². The molecule has 30 heavy (non-hydrogen) atoms. The zero-order valence-electron chi connectivity index (χ0n) is 16.8. The molecular formula is C21H24N6O3. The summed E-state index contributed by atoms with van der Waals surface area (Å²) in [4.78, 5) is 25.0. The Bertz CT molecular complexity index is 1070. The number of nitro benzene ring substituents is 1. The average Bonchev–Trinajstić information content (AvgIpc) is 3.18. The number of carbonyl (C=O) groups excluding carboxylic acids is 1. The van der Waals surface area contributed by atoms with Crippen LogP contribution < -0.4 is 5.32 Å². The van der Waals surface area contributed by atoms with Gasteiger partial charge in [-0.1, -0.05) is 6.07 Å². The van der Waals surface area contributed by atoms with E-state index < -0.39 is 4.92 Å². The first kappa shape index (κ1) is 20.0. The van der Waals surface area contributed by atoms with Gasteiger partial charge < -0.3 is 10.2 Å². The van der Waals surface area contributed by atoms with Crippen LogP contribution in [0.15, 0.2) is 42.6 Å². The maximum atomic E-state index is 12.3. The molecule has 1 aliphatic rings. The van der Waals surface area contributed by atoms with Crippen LogP contribution in [0.3, 0.4) is 0 Å². The van der Waals surface area contributed by atoms with E-state index in [1.54, 1.807) is 13.0 Å². The molecule has 0 aliphatic carbocycles. The fraction of sp³-hybridized carbons (Fsp3) is 0.381. The van der Waals surface area contributed by atoms with E-state index in [9.17, 15) is 14.9 Å². The maximum Gasteiger partial charge on any atom is 0.269 e. The lowest BCUT2D eigenvalue weighted by Gasteiger charge is -2.31. The first-order valence-corrected chi connectivity index (χ1v) is 10.1. The van der Waals surface area contributed by atoms with E-state index in [4.69, 9.17) is 0 Å². The minimum absolute atomic E-state index is 0.0221. The molecule has 0 spiro atoms. The van der Waals surface area contributed by atoms with E-state index in [0.29, 0.717) is 30.1 Å². The van der Waals surface area contributed by atoms with Crippen molar-refractivity contribution in [3.8, 4) is 0 Å². The van der Waals surface area contributed by atoms with Gasteiger partial charge in [-0.25, -0.2) is 0 Å². The molecule has 3 heterocycles. The van der Waals surface area contributed by atoms with Crippen molar-refractivity contribution in [2.75, 3.05) is 25.0 Å². The van der Waals surface area contributed by atoms with Crippen LogP contribution >= 0.6 is 0 Å². The summed E-state index contributed by atoms with van der Waals surface area (Å²) in [6.45, 7) is 4.26. The predicted octanol–water partition coefficient (Wildman–Crippen LogP) is 3.15. The van der Waals surface area contributed by atoms with Gasteiger partial charge in [-0.3, -0.25) is 19.3 Å². The number of fused-ring (bicyclic) bond motifs is 1. The van der Waals surface area contributed by atoms with Crippen molar-refractivity contribution < 1.29 is 9.72 Å². The minimum Gasteiger partial charge on any atom is -0.326 e. The lowest BCUT2D eigenvalue weighted by molar-refractivity contribution is -0.384. The molecule has 9 heteroatoms. The molecule has 2 aromatic heterocycles. The van der Waals surface area contributed by atoms with E-state index in [-0.39, 0.29) is 11.6 Å². The molecule has 0 saturated carbocycles. The second-order valence-electron chi connectivity index (χ2n) is 7.66. The largest absolute Gasteiger partial charge is 0.326 e. The van der Waals surface area contributed by atoms with Crippen LogP contribution in [-0.2, 0) is 4.79 Å². The van der Waals surface area contributed by atoms with Crippen molar-refractivity contribution in [3.05, 3.63) is 64.1 Å². The van der Waals surface area contributed by atoms with Crippen molar-refractivity contribution in [2.24, 2.45) is 0 Å². The molecule has 1 fully saturated rings. The van der Waals surface area contributed by atoms with Gasteiger partial charge in [0.2, 0.25) is 5.91 Å². The number of rotatable bonds is 6. The molecule has 0 radical (unpaired) electrons. The first-order chi connectivity index (χ1) is 14.5. The topological polar surface area (TPSA) is 106 Å². The number of aromatic nitrogens is 3. The number of aryl methyl sites for hydroxylation is 1. The quantitative estimate of drug-likeness (QED) is 0.496. The Labute approximate surface area is 173 Å². The number of nitro groups is 1. The predicted molar refractivity (Wildman–Crippen MR) is 112 cm³/mol. The lowest BCUT2D eigenvalue weighted by Crippen LogP contribution is -2.35. The third-order valence-corrected chi connectivity index (χ3v) is 5.64. The van der Waals surface area contributed by atoms with Crippen LogP contribution in [0.5, 0.6) is 0 Å². The first-order valence-electron chi connectivity index (χ1n) is 10.1. The summed E-state index contributed by atoms with van der Waals surface area (Å²) in [6, 6.07) is 10.4. The molecule has 4 rings (SSSR count). The molecule has 9 nitrogen and oxygen atoms in total. The Hall–Kier alpha value is -3.33. The summed E-state index contributed by atoms with van der Waals surface area (Å²) in [5.41, 5.74) is 2.18. The van der Waals surface area contributed by atoms with E-state index >= 15 is 0 Å². The lowest BCUT2D eigenvalue weighted by atomic mass is 9.96. The molecule has 3 aromatic rings. The molecule has 0 unspecified atom stereocenters. The maximum absolute atomic E-state index is 12.3. The van der Waals surface area contributed by atoms with Gasteiger partial charge in [0.05, 0.1) is 4.92 Å². The summed E-state index contributed by atoms with van der Waals surface area (Å²) in [5.74, 6) is 1.30. The Morgan fingerprint density at radius 1 is 1.23 bits per heavy atom. The van der Waals surface area contributed by atoms with Crippen molar-refractivity contribution in [1.29, 1.82) is 0 Å². The van der Waals surface area contributed by atoms with Crippen LogP contribution in [0.25, 0.3) is 5.65 Å². The Morgan fingerprint density at radius 2 is 2.03 bits per heavy atom. The second kappa shape index (κ2) is 8.58. The van der Waals surface area contributed by atoms with E-state index in [1.807, 2.05) is 24.4 Å². The highest BCUT2D eigenvalue weighted by Crippen LogP contribution is 2.27. The SMILES string of the molecule is Cc1cc([N+](=O)[O-])ccc1NC(=O)CCN1CCC(c2nnc3ccccn23)CC1. The summed E-state index contributed by atoms with van der Waals surface area (Å²) in [5, 5.41) is 22.3. The number of hydrogen-bond acceptors (Lipinski definition) is 6. The Morgan fingerprint density at radius 3 is 2.77 bits per heavy atom. The fourth-order valence-corrected chi connectivity index (χ4v) is 3.93. The highest BCUT2D eigenvalue weighted by Gasteiger charge is 2.24. The molecular weight excluding hydrogens is 384 g/mol. The number of carbonyl (C=O) groups is 1. The van der Waals surface area contributed by atoms with E-state index in [1.165, 1.54) is 12.1 Å². The van der Waals surface area contributed by atoms with E-state index in [2.05, 4.69) is 24.8 Å². The van der Waals surface area contributed by atoms with E-state index in [0.717, 1.165) is 37.4 Å². The zero-order chi connectivity index (χ0) is 21.1. The number of hydrogen-bond donors (Lipinski definition) is 1. The van der Waals surface area contributed by atoms with Crippen molar-refractivity contribution in [2.45, 2.75) is 32.1 Å². The molecule has 0 bridgehead atoms. The number of nitrogens with one attached hydrogen (secondary N) is 1. The molecule has 0 atom stereocenters. The number of pyridine rings is 1. The molecule has 156 valence electrons. The standard InChI is InChI=1S/C21H24N6O3/c1-15-14-17(27(29)30)5-6-18(15)22-20(28)9-13-25-11-7-16(8-12-25)21-24-23-19-4-2-3-10-26(19)21/h2-6,10,14,16H,7-9,11-13H2,1H3,(H,22,28). The summed E-state index contributed by atoms with van der Waals surface area (Å²) < 4.78 is 2.06. The van der Waals surface area contributed by atoms with Gasteiger partial charge in [-0.2, -0.15) is 0 Å². The average molecular weight is 408 g/mol. The molecule has 1 amide bonds. The van der Waals surface area contributed by atoms with Crippen molar-refractivity contribution in [3.63, 3.8) is 0 Å². The monoisotopic (exact) mass is 408 g/mol. The summed E-state index contributed by atoms with van der Waals surface area (Å²) >= 11 is 0. The van der Waals surface area contributed by atoms with Gasteiger partial charge >= 0.3 is 0 Å². The highest BCUT2D eigenvalue weighted by atomic mass is 16.6. The number of benzene rings is 1. The minimum atomic E-state index is -0.440. The second-order valence-corrected chi connectivity index (χ2v) is 7.66. The van der Waals surface area contributed by atoms with Gasteiger partial charge in [0, 0.05) is 42.9 Å². The number of nitrogens with zero attached hydrogens (tertiary/aromatic N) is 5. The number of piperidine rings is 1. The number of anilines is 1. The molecule has 1 aromatic carbocycles. The Balaban J connectivity index is 1.26. The molecule has 1 aliphatic heterocycles. The van der Waals surface area contributed by atoms with Gasteiger partial charge in [-0.15, -0.1) is 10.2 Å². The summed E-state index contributed by atoms with van der Waals surface area (Å²) in [7, 11) is 0. The van der Waals surface area contributed by atoms with Crippen LogP contribution in [0.4, 0.5) is 11.4 Å². The third-order valence-electron chi connectivity index (χ3n) is 5.64. The van der Waals surface area contributed by atoms with Crippen LogP contribution in [0.1, 0.15) is 36.6 Å². The van der Waals surface area contributed by atoms with Gasteiger partial charge in [0.1, 0.15) is 5.82 Å². The van der Waals surface area contributed by atoms with Crippen LogP contribution in [-0.4, -0.2) is 50.0 Å². The van der Waals surface area contributed by atoms with Gasteiger partial charge in [0.15, 0.2) is 5.65 Å². The zero-order valence-corrected chi connectivity index (χ0v) is 16.8. The Kier molecular flexibility index (Phi) is 5.71. The highest BCUT2D eigenvalue weighted by molar-refractivity contribution is 5.91. The van der Waals surface area contributed by atoms with Crippen LogP contribution in [0.2, 0.25) is 0 Å². The normalized spacial score (nSPS) is 15.4. The molecule has 1 saturated heterocycles. The van der Waals surface area contributed by atoms with Crippen molar-refractivity contribution >= 4 is 22.9 Å². The summed E-state index contributed by atoms with van der Waals surface area (Å²) in [6.07, 6.45) is 4.36. The molecule has 1 N–H and O–H groups in total. The van der Waals surface area contributed by atoms with Gasteiger partial charge in [-0.05, 0) is 56.6 Å². The number of amides is 1. The number of likely N-dealkylation sites (tertiary alicyclic amines) is 1. The number of non-ortho nitro benzene ring substituents is 1. The smallest absolute Gasteiger partial charge is 0.269 e.